The molecule has 3 N–H and O–H groups in total. The van der Waals surface area contributed by atoms with Crippen molar-refractivity contribution in [3.63, 3.8) is 0 Å². The Morgan fingerprint density at radius 2 is 2.19 bits per heavy atom. The molecule has 2 aromatic heterocycles. The highest BCUT2D eigenvalue weighted by atomic mass is 35.5. The van der Waals surface area contributed by atoms with Crippen LogP contribution in [0.25, 0.3) is 10.9 Å². The molecular weight excluding hydrogens is 371 g/mol. The van der Waals surface area contributed by atoms with Gasteiger partial charge in [0.15, 0.2) is 5.82 Å². The van der Waals surface area contributed by atoms with Crippen LogP contribution in [0.1, 0.15) is 28.8 Å². The molecule has 5 nitrogen and oxygen atoms in total. The maximum atomic E-state index is 12.6. The van der Waals surface area contributed by atoms with Crippen LogP contribution in [-0.4, -0.2) is 22.4 Å². The van der Waals surface area contributed by atoms with Crippen molar-refractivity contribution in [2.24, 2.45) is 5.92 Å². The predicted molar refractivity (Wildman–Crippen MR) is 108 cm³/mol. The molecule has 4 rings (SSSR count). The number of pyridine rings is 1. The van der Waals surface area contributed by atoms with E-state index in [0.29, 0.717) is 22.3 Å². The van der Waals surface area contributed by atoms with Crippen LogP contribution in [-0.2, 0) is 0 Å². The van der Waals surface area contributed by atoms with Gasteiger partial charge in [-0.25, -0.2) is 4.98 Å². The summed E-state index contributed by atoms with van der Waals surface area (Å²) in [6, 6.07) is 7.45. The Morgan fingerprint density at radius 3 is 2.92 bits per heavy atom. The number of carbonyl (C=O) groups is 1. The van der Waals surface area contributed by atoms with Crippen LogP contribution in [0.5, 0.6) is 0 Å². The number of rotatable bonds is 5. The zero-order valence-electron chi connectivity index (χ0n) is 14.3. The van der Waals surface area contributed by atoms with Gasteiger partial charge in [0.1, 0.15) is 0 Å². The third-order valence-electron chi connectivity index (χ3n) is 4.49. The molecule has 136 valence electrons. The van der Waals surface area contributed by atoms with Gasteiger partial charge in [-0.2, -0.15) is 0 Å². The van der Waals surface area contributed by atoms with Crippen molar-refractivity contribution in [3.05, 3.63) is 52.8 Å². The highest BCUT2D eigenvalue weighted by Gasteiger charge is 2.23. The average Bonchev–Trinajstić information content (AvgIpc) is 3.35. The first kappa shape index (κ1) is 18.5. The minimum atomic E-state index is -0.0681. The highest BCUT2D eigenvalue weighted by molar-refractivity contribution is 6.30. The second kappa shape index (κ2) is 7.56. The van der Waals surface area contributed by atoms with Crippen molar-refractivity contribution >= 4 is 52.3 Å². The number of hydrogen-bond acceptors (Lipinski definition) is 3. The van der Waals surface area contributed by atoms with E-state index in [-0.39, 0.29) is 18.3 Å². The zero-order chi connectivity index (χ0) is 17.4. The van der Waals surface area contributed by atoms with E-state index in [1.807, 2.05) is 37.4 Å². The third kappa shape index (κ3) is 3.79. The Bertz CT molecular complexity index is 950. The van der Waals surface area contributed by atoms with Crippen molar-refractivity contribution in [2.45, 2.75) is 19.8 Å². The lowest BCUT2D eigenvalue weighted by Gasteiger charge is -2.11. The monoisotopic (exact) mass is 390 g/mol. The van der Waals surface area contributed by atoms with Gasteiger partial charge in [0.25, 0.3) is 5.91 Å². The van der Waals surface area contributed by atoms with E-state index >= 15 is 0 Å². The molecule has 1 fully saturated rings. The number of anilines is 2. The number of nitrogens with one attached hydrogen (secondary N) is 3. The van der Waals surface area contributed by atoms with E-state index in [9.17, 15) is 4.79 Å². The molecular formula is C19H20Cl2N4O. The van der Waals surface area contributed by atoms with Gasteiger partial charge in [-0.05, 0) is 49.4 Å². The first-order valence-electron chi connectivity index (χ1n) is 8.39. The summed E-state index contributed by atoms with van der Waals surface area (Å²) >= 11 is 6.04. The van der Waals surface area contributed by atoms with Crippen LogP contribution in [0.4, 0.5) is 11.5 Å². The molecule has 1 aliphatic carbocycles. The van der Waals surface area contributed by atoms with Crippen molar-refractivity contribution in [1.29, 1.82) is 0 Å². The van der Waals surface area contributed by atoms with Crippen molar-refractivity contribution in [3.8, 4) is 0 Å². The lowest BCUT2D eigenvalue weighted by Crippen LogP contribution is -2.26. The summed E-state index contributed by atoms with van der Waals surface area (Å²) in [7, 11) is 0. The van der Waals surface area contributed by atoms with E-state index in [2.05, 4.69) is 20.6 Å². The van der Waals surface area contributed by atoms with Crippen molar-refractivity contribution in [1.82, 2.24) is 15.3 Å². The summed E-state index contributed by atoms with van der Waals surface area (Å²) in [4.78, 5) is 20.2. The average molecular weight is 391 g/mol. The Balaban J connectivity index is 0.00000196. The molecule has 1 amide bonds. The molecule has 0 saturated heterocycles. The maximum absolute atomic E-state index is 12.6. The van der Waals surface area contributed by atoms with E-state index < -0.39 is 0 Å². The molecule has 1 aromatic carbocycles. The fourth-order valence-corrected chi connectivity index (χ4v) is 3.13. The Kier molecular flexibility index (Phi) is 5.39. The van der Waals surface area contributed by atoms with E-state index in [0.717, 1.165) is 28.7 Å². The summed E-state index contributed by atoms with van der Waals surface area (Å²) in [5.41, 5.74) is 3.28. The number of nitrogens with zero attached hydrogens (tertiary/aromatic N) is 1. The van der Waals surface area contributed by atoms with Gasteiger partial charge in [-0.15, -0.1) is 12.4 Å². The van der Waals surface area contributed by atoms with Crippen LogP contribution in [0.15, 0.2) is 36.7 Å². The second-order valence-corrected chi connectivity index (χ2v) is 6.97. The molecule has 0 bridgehead atoms. The van der Waals surface area contributed by atoms with Crippen molar-refractivity contribution < 1.29 is 4.79 Å². The first-order valence-corrected chi connectivity index (χ1v) is 8.77. The number of hydrogen-bond donors (Lipinski definition) is 3. The topological polar surface area (TPSA) is 69.8 Å². The van der Waals surface area contributed by atoms with Crippen LogP contribution in [0.2, 0.25) is 5.02 Å². The Hall–Kier alpha value is -2.24. The Labute approximate surface area is 163 Å². The van der Waals surface area contributed by atoms with Gasteiger partial charge < -0.3 is 15.6 Å². The minimum Gasteiger partial charge on any atom is -0.358 e. The van der Waals surface area contributed by atoms with E-state index in [1.165, 1.54) is 12.8 Å². The molecule has 0 atom stereocenters. The number of carbonyl (C=O) groups excluding carboxylic acids is 1. The van der Waals surface area contributed by atoms with Crippen LogP contribution < -0.4 is 10.6 Å². The number of benzene rings is 1. The molecule has 1 saturated carbocycles. The number of amides is 1. The number of aryl methyl sites for hydroxylation is 1. The molecule has 1 aliphatic rings. The van der Waals surface area contributed by atoms with Gasteiger partial charge in [0, 0.05) is 35.0 Å². The smallest absolute Gasteiger partial charge is 0.253 e. The van der Waals surface area contributed by atoms with Crippen LogP contribution in [0, 0.1) is 12.8 Å². The molecule has 2 heterocycles. The normalized spacial score (nSPS) is 13.3. The molecule has 26 heavy (non-hydrogen) atoms. The van der Waals surface area contributed by atoms with Gasteiger partial charge >= 0.3 is 0 Å². The largest absolute Gasteiger partial charge is 0.358 e. The van der Waals surface area contributed by atoms with Gasteiger partial charge in [0.05, 0.1) is 11.1 Å². The van der Waals surface area contributed by atoms with Gasteiger partial charge in [-0.1, -0.05) is 17.7 Å². The number of aromatic amines is 1. The lowest BCUT2D eigenvalue weighted by atomic mass is 10.1. The zero-order valence-corrected chi connectivity index (χ0v) is 15.9. The summed E-state index contributed by atoms with van der Waals surface area (Å²) in [6.07, 6.45) is 5.95. The van der Waals surface area contributed by atoms with Crippen molar-refractivity contribution in [2.75, 3.05) is 11.9 Å². The summed E-state index contributed by atoms with van der Waals surface area (Å²) < 4.78 is 0. The number of fused-ring (bicyclic) bond motifs is 1. The van der Waals surface area contributed by atoms with Crippen LogP contribution in [0.3, 0.4) is 0 Å². The fourth-order valence-electron chi connectivity index (χ4n) is 2.94. The van der Waals surface area contributed by atoms with E-state index in [1.54, 1.807) is 6.20 Å². The molecule has 0 radical (unpaired) electrons. The second-order valence-electron chi connectivity index (χ2n) is 6.53. The van der Waals surface area contributed by atoms with E-state index in [4.69, 9.17) is 11.6 Å². The van der Waals surface area contributed by atoms with Crippen LogP contribution >= 0.6 is 24.0 Å². The summed E-state index contributed by atoms with van der Waals surface area (Å²) in [5, 5.41) is 7.83. The number of aromatic nitrogens is 2. The van der Waals surface area contributed by atoms with Gasteiger partial charge in [-0.3, -0.25) is 4.79 Å². The lowest BCUT2D eigenvalue weighted by molar-refractivity contribution is 0.0953. The molecule has 0 spiro atoms. The third-order valence-corrected chi connectivity index (χ3v) is 4.72. The molecule has 3 aromatic rings. The molecule has 7 heteroatoms. The summed E-state index contributed by atoms with van der Waals surface area (Å²) in [5.74, 6) is 1.24. The highest BCUT2D eigenvalue weighted by Crippen LogP contribution is 2.30. The fraction of sp³-hybridized carbons (Fsp3) is 0.263. The molecule has 0 aliphatic heterocycles. The Morgan fingerprint density at radius 1 is 1.38 bits per heavy atom. The molecule has 0 unspecified atom stereocenters. The number of halogens is 2. The van der Waals surface area contributed by atoms with Gasteiger partial charge in [0.2, 0.25) is 0 Å². The standard InChI is InChI=1S/C19H19ClN4O.ClH/c1-11-8-21-17-16(11)15(19(25)23-9-12-5-6-12)10-22-18(17)24-14-4-2-3-13(20)7-14;/h2-4,7-8,10,12,21H,5-6,9H2,1H3,(H,22,24)(H,23,25);1H. The first-order chi connectivity index (χ1) is 12.1. The SMILES string of the molecule is Cc1c[nH]c2c(Nc3cccc(Cl)c3)ncc(C(=O)NCC3CC3)c12.Cl. The quantitative estimate of drug-likeness (QED) is 0.584. The number of H-pyrrole nitrogens is 1. The summed E-state index contributed by atoms with van der Waals surface area (Å²) in [6.45, 7) is 2.73. The predicted octanol–water partition coefficient (Wildman–Crippen LogP) is 4.83. The minimum absolute atomic E-state index is 0. The maximum Gasteiger partial charge on any atom is 0.253 e.